The summed E-state index contributed by atoms with van der Waals surface area (Å²) in [6, 6.07) is 20.4. The molecule has 0 spiro atoms. The third kappa shape index (κ3) is 6.03. The number of benzene rings is 3. The summed E-state index contributed by atoms with van der Waals surface area (Å²) in [6.07, 6.45) is 1.65. The highest BCUT2D eigenvalue weighted by Crippen LogP contribution is 2.25. The molecule has 160 valence electrons. The maximum atomic E-state index is 12.0. The lowest BCUT2D eigenvalue weighted by Gasteiger charge is -2.25. The first kappa shape index (κ1) is 21.7. The lowest BCUT2D eigenvalue weighted by molar-refractivity contribution is -0.123. The zero-order valence-corrected chi connectivity index (χ0v) is 19.2. The fraction of sp³-hybridized carbons (Fsp3) is 0.250. The molecule has 7 heteroatoms. The average molecular weight is 529 g/mol. The molecule has 1 aliphatic heterocycles. The molecule has 1 saturated heterocycles. The molecule has 6 nitrogen and oxygen atoms in total. The molecule has 3 aromatic carbocycles. The Labute approximate surface area is 195 Å². The van der Waals surface area contributed by atoms with Gasteiger partial charge in [0.25, 0.3) is 5.91 Å². The first-order valence-electron chi connectivity index (χ1n) is 10.2. The molecule has 0 atom stereocenters. The summed E-state index contributed by atoms with van der Waals surface area (Å²) in [7, 11) is 0. The third-order valence-corrected chi connectivity index (χ3v) is 5.94. The van der Waals surface area contributed by atoms with Crippen molar-refractivity contribution in [3.8, 4) is 5.75 Å². The van der Waals surface area contributed by atoms with Crippen molar-refractivity contribution in [1.29, 1.82) is 0 Å². The Morgan fingerprint density at radius 3 is 2.77 bits per heavy atom. The zero-order chi connectivity index (χ0) is 21.5. The van der Waals surface area contributed by atoms with Crippen LogP contribution in [0.2, 0.25) is 0 Å². The Hall–Kier alpha value is -2.49. The van der Waals surface area contributed by atoms with Crippen LogP contribution in [0.5, 0.6) is 5.75 Å². The predicted octanol–water partition coefficient (Wildman–Crippen LogP) is 3.81. The van der Waals surface area contributed by atoms with Gasteiger partial charge >= 0.3 is 0 Å². The number of nitrogens with zero attached hydrogens (tertiary/aromatic N) is 2. The van der Waals surface area contributed by atoms with Crippen LogP contribution in [0, 0.1) is 3.57 Å². The second-order valence-corrected chi connectivity index (χ2v) is 8.46. The summed E-state index contributed by atoms with van der Waals surface area (Å²) in [6.45, 7) is 3.72. The van der Waals surface area contributed by atoms with E-state index in [-0.39, 0.29) is 5.91 Å². The summed E-state index contributed by atoms with van der Waals surface area (Å²) in [4.78, 5) is 14.1. The van der Waals surface area contributed by atoms with Crippen LogP contribution in [0.4, 0.5) is 0 Å². The number of amides is 1. The number of morpholine rings is 1. The second kappa shape index (κ2) is 10.7. The average Bonchev–Trinajstić information content (AvgIpc) is 2.79. The van der Waals surface area contributed by atoms with Crippen molar-refractivity contribution in [3.05, 3.63) is 75.4 Å². The van der Waals surface area contributed by atoms with Crippen molar-refractivity contribution in [3.63, 3.8) is 0 Å². The highest BCUT2D eigenvalue weighted by atomic mass is 127. The van der Waals surface area contributed by atoms with Crippen LogP contribution >= 0.6 is 22.6 Å². The van der Waals surface area contributed by atoms with Crippen molar-refractivity contribution in [2.45, 2.75) is 6.61 Å². The summed E-state index contributed by atoms with van der Waals surface area (Å²) in [5.74, 6) is 0.699. The lowest BCUT2D eigenvalue weighted by atomic mass is 10.1. The van der Waals surface area contributed by atoms with Crippen LogP contribution in [0.3, 0.4) is 0 Å². The van der Waals surface area contributed by atoms with Crippen LogP contribution in [0.15, 0.2) is 65.8 Å². The minimum Gasteiger partial charge on any atom is -0.488 e. The topological polar surface area (TPSA) is 63.2 Å². The molecule has 31 heavy (non-hydrogen) atoms. The molecule has 0 aliphatic carbocycles. The van der Waals surface area contributed by atoms with Gasteiger partial charge in [0.2, 0.25) is 0 Å². The molecular formula is C24H24IN3O3. The number of ether oxygens (including phenoxy) is 2. The Balaban J connectivity index is 1.32. The van der Waals surface area contributed by atoms with E-state index in [0.29, 0.717) is 26.4 Å². The first-order chi connectivity index (χ1) is 15.2. The minimum absolute atomic E-state index is 0.122. The Kier molecular flexibility index (Phi) is 7.50. The molecule has 3 aromatic rings. The number of hydrazone groups is 1. The molecule has 1 aliphatic rings. The van der Waals surface area contributed by atoms with Crippen LogP contribution in [-0.2, 0) is 16.1 Å². The number of carbonyl (C=O) groups is 1. The number of halogens is 1. The molecule has 1 heterocycles. The van der Waals surface area contributed by atoms with Gasteiger partial charge in [0, 0.05) is 13.1 Å². The van der Waals surface area contributed by atoms with Gasteiger partial charge in [0.05, 0.1) is 29.5 Å². The maximum Gasteiger partial charge on any atom is 0.254 e. The summed E-state index contributed by atoms with van der Waals surface area (Å²) in [5.41, 5.74) is 4.64. The summed E-state index contributed by atoms with van der Waals surface area (Å²) in [5, 5.41) is 6.49. The van der Waals surface area contributed by atoms with E-state index in [0.717, 1.165) is 33.5 Å². The van der Waals surface area contributed by atoms with Crippen LogP contribution in [0.1, 0.15) is 11.1 Å². The van der Waals surface area contributed by atoms with Gasteiger partial charge in [0.15, 0.2) is 0 Å². The van der Waals surface area contributed by atoms with E-state index in [1.165, 1.54) is 10.8 Å². The Morgan fingerprint density at radius 1 is 1.13 bits per heavy atom. The molecular weight excluding hydrogens is 505 g/mol. The number of carbonyl (C=O) groups excluding carboxylic acids is 1. The first-order valence-corrected chi connectivity index (χ1v) is 11.3. The van der Waals surface area contributed by atoms with E-state index in [1.54, 1.807) is 6.21 Å². The van der Waals surface area contributed by atoms with Crippen molar-refractivity contribution in [2.24, 2.45) is 5.10 Å². The van der Waals surface area contributed by atoms with Gasteiger partial charge in [0.1, 0.15) is 12.4 Å². The van der Waals surface area contributed by atoms with Gasteiger partial charge in [-0.25, -0.2) is 5.43 Å². The monoisotopic (exact) mass is 529 g/mol. The zero-order valence-electron chi connectivity index (χ0n) is 17.1. The minimum atomic E-state index is -0.122. The van der Waals surface area contributed by atoms with Gasteiger partial charge < -0.3 is 9.47 Å². The van der Waals surface area contributed by atoms with Crippen molar-refractivity contribution >= 4 is 45.5 Å². The largest absolute Gasteiger partial charge is 0.488 e. The smallest absolute Gasteiger partial charge is 0.254 e. The van der Waals surface area contributed by atoms with E-state index >= 15 is 0 Å². The normalized spacial score (nSPS) is 14.7. The molecule has 0 saturated carbocycles. The van der Waals surface area contributed by atoms with E-state index < -0.39 is 0 Å². The van der Waals surface area contributed by atoms with E-state index in [9.17, 15) is 4.79 Å². The van der Waals surface area contributed by atoms with Gasteiger partial charge in [-0.3, -0.25) is 9.69 Å². The highest BCUT2D eigenvalue weighted by molar-refractivity contribution is 14.1. The molecule has 1 fully saturated rings. The predicted molar refractivity (Wildman–Crippen MR) is 130 cm³/mol. The number of fused-ring (bicyclic) bond motifs is 1. The van der Waals surface area contributed by atoms with Gasteiger partial charge in [-0.05, 0) is 62.7 Å². The molecule has 0 unspecified atom stereocenters. The van der Waals surface area contributed by atoms with Gasteiger partial charge in [-0.15, -0.1) is 0 Å². The molecule has 0 bridgehead atoms. The third-order valence-electron chi connectivity index (χ3n) is 5.09. The molecule has 4 rings (SSSR count). The number of hydrogen-bond acceptors (Lipinski definition) is 5. The van der Waals surface area contributed by atoms with Crippen molar-refractivity contribution in [2.75, 3.05) is 32.8 Å². The van der Waals surface area contributed by atoms with Gasteiger partial charge in [-0.2, -0.15) is 5.10 Å². The SMILES string of the molecule is O=C(CN1CCOCC1)N/N=C/c1ccc(OCc2cccc3ccccc23)c(I)c1. The van der Waals surface area contributed by atoms with Gasteiger partial charge in [-0.1, -0.05) is 42.5 Å². The number of rotatable bonds is 7. The van der Waals surface area contributed by atoms with Crippen molar-refractivity contribution < 1.29 is 14.3 Å². The fourth-order valence-corrected chi connectivity index (χ4v) is 4.16. The van der Waals surface area contributed by atoms with Crippen molar-refractivity contribution in [1.82, 2.24) is 10.3 Å². The molecule has 1 N–H and O–H groups in total. The quantitative estimate of drug-likeness (QED) is 0.288. The summed E-state index contributed by atoms with van der Waals surface area (Å²) < 4.78 is 12.4. The van der Waals surface area contributed by atoms with Crippen LogP contribution in [0.25, 0.3) is 10.8 Å². The summed E-state index contributed by atoms with van der Waals surface area (Å²) >= 11 is 2.26. The van der Waals surface area contributed by atoms with E-state index in [4.69, 9.17) is 9.47 Å². The second-order valence-electron chi connectivity index (χ2n) is 7.30. The van der Waals surface area contributed by atoms with E-state index in [2.05, 4.69) is 68.3 Å². The maximum absolute atomic E-state index is 12.0. The fourth-order valence-electron chi connectivity index (χ4n) is 3.46. The highest BCUT2D eigenvalue weighted by Gasteiger charge is 2.13. The standard InChI is InChI=1S/C24H24IN3O3/c25-22-14-18(15-26-27-24(29)16-28-10-12-30-13-11-28)8-9-23(22)31-17-20-6-3-5-19-4-1-2-7-21(19)20/h1-9,14-15H,10-13,16-17H2,(H,27,29)/b26-15+. The van der Waals surface area contributed by atoms with Crippen LogP contribution in [-0.4, -0.2) is 49.9 Å². The Morgan fingerprint density at radius 2 is 1.94 bits per heavy atom. The molecule has 0 aromatic heterocycles. The Bertz CT molecular complexity index is 1080. The number of nitrogens with one attached hydrogen (secondary N) is 1. The van der Waals surface area contributed by atoms with Crippen LogP contribution < -0.4 is 10.2 Å². The number of hydrogen-bond donors (Lipinski definition) is 1. The van der Waals surface area contributed by atoms with E-state index in [1.807, 2.05) is 30.3 Å². The lowest BCUT2D eigenvalue weighted by Crippen LogP contribution is -2.42. The molecule has 0 radical (unpaired) electrons. The molecule has 1 amide bonds.